The van der Waals surface area contributed by atoms with E-state index >= 15 is 0 Å². The van der Waals surface area contributed by atoms with Crippen LogP contribution in [0.15, 0.2) is 0 Å². The molecule has 0 fully saturated rings. The van der Waals surface area contributed by atoms with Gasteiger partial charge in [-0.15, -0.1) is 0 Å². The fourth-order valence-electron chi connectivity index (χ4n) is 1.57. The van der Waals surface area contributed by atoms with Gasteiger partial charge in [-0.25, -0.2) is 0 Å². The standard InChI is InChI=1S/C7H16O.C6H12O.CH4/c1-6(2)5-7(3,4)8;1-5(2)4-6(3)7;/h6,8H,5H2,1-4H3;5H,4H2,1-3H3;1H4. The Morgan fingerprint density at radius 1 is 1.12 bits per heavy atom. The van der Waals surface area contributed by atoms with Crippen LogP contribution < -0.4 is 0 Å². The Labute approximate surface area is 102 Å². The first-order valence-corrected chi connectivity index (χ1v) is 5.76. The van der Waals surface area contributed by atoms with Gasteiger partial charge in [-0.3, -0.25) is 0 Å². The third-order valence-corrected chi connectivity index (χ3v) is 1.60. The normalized spacial score (nSPS) is 10.6. The quantitative estimate of drug-likeness (QED) is 0.793. The highest BCUT2D eigenvalue weighted by molar-refractivity contribution is 5.75. The van der Waals surface area contributed by atoms with Crippen molar-refractivity contribution < 1.29 is 9.90 Å². The van der Waals surface area contributed by atoms with Gasteiger partial charge in [0.05, 0.1) is 5.60 Å². The Bertz CT molecular complexity index is 164. The summed E-state index contributed by atoms with van der Waals surface area (Å²) < 4.78 is 0. The van der Waals surface area contributed by atoms with Crippen LogP contribution >= 0.6 is 0 Å². The molecule has 0 heterocycles. The number of rotatable bonds is 4. The molecule has 0 amide bonds. The van der Waals surface area contributed by atoms with Crippen LogP contribution in [-0.2, 0) is 4.79 Å². The van der Waals surface area contributed by atoms with Gasteiger partial charge in [-0.05, 0) is 39.0 Å². The van der Waals surface area contributed by atoms with Crippen LogP contribution in [0.3, 0.4) is 0 Å². The minimum absolute atomic E-state index is 0. The van der Waals surface area contributed by atoms with E-state index in [9.17, 15) is 9.90 Å². The highest BCUT2D eigenvalue weighted by Crippen LogP contribution is 2.13. The first kappa shape index (κ1) is 21.0. The summed E-state index contributed by atoms with van der Waals surface area (Å²) in [5.74, 6) is 1.41. The Kier molecular flexibility index (Phi) is 12.9. The van der Waals surface area contributed by atoms with Crippen molar-refractivity contribution in [1.29, 1.82) is 0 Å². The largest absolute Gasteiger partial charge is 0.390 e. The van der Waals surface area contributed by atoms with Crippen molar-refractivity contribution in [3.05, 3.63) is 0 Å². The van der Waals surface area contributed by atoms with E-state index in [-0.39, 0.29) is 13.2 Å². The van der Waals surface area contributed by atoms with E-state index in [2.05, 4.69) is 13.8 Å². The molecule has 0 aromatic carbocycles. The Hall–Kier alpha value is -0.370. The van der Waals surface area contributed by atoms with Gasteiger partial charge in [0.15, 0.2) is 0 Å². The molecule has 0 saturated carbocycles. The van der Waals surface area contributed by atoms with Gasteiger partial charge in [0.25, 0.3) is 0 Å². The minimum atomic E-state index is -0.478. The number of hydrogen-bond donors (Lipinski definition) is 1. The molecule has 0 aliphatic heterocycles. The lowest BCUT2D eigenvalue weighted by Crippen LogP contribution is -2.20. The van der Waals surface area contributed by atoms with E-state index in [4.69, 9.17) is 0 Å². The second kappa shape index (κ2) is 9.83. The van der Waals surface area contributed by atoms with Gasteiger partial charge in [-0.1, -0.05) is 35.1 Å². The molecule has 0 aromatic rings. The van der Waals surface area contributed by atoms with Crippen LogP contribution in [0, 0.1) is 11.8 Å². The zero-order valence-corrected chi connectivity index (χ0v) is 11.4. The summed E-state index contributed by atoms with van der Waals surface area (Å²) >= 11 is 0. The van der Waals surface area contributed by atoms with Crippen LogP contribution in [0.25, 0.3) is 0 Å². The van der Waals surface area contributed by atoms with Crippen molar-refractivity contribution in [2.75, 3.05) is 0 Å². The smallest absolute Gasteiger partial charge is 0.130 e. The fraction of sp³-hybridized carbons (Fsp3) is 0.929. The van der Waals surface area contributed by atoms with Crippen LogP contribution in [0.4, 0.5) is 0 Å². The molecule has 0 aromatic heterocycles. The lowest BCUT2D eigenvalue weighted by atomic mass is 9.97. The van der Waals surface area contributed by atoms with E-state index in [0.29, 0.717) is 11.8 Å². The number of carbonyl (C=O) groups is 1. The maximum Gasteiger partial charge on any atom is 0.130 e. The van der Waals surface area contributed by atoms with Crippen molar-refractivity contribution in [3.8, 4) is 0 Å². The third-order valence-electron chi connectivity index (χ3n) is 1.60. The van der Waals surface area contributed by atoms with Crippen molar-refractivity contribution >= 4 is 5.78 Å². The molecular formula is C14H32O2. The van der Waals surface area contributed by atoms with Gasteiger partial charge < -0.3 is 9.90 Å². The summed E-state index contributed by atoms with van der Waals surface area (Å²) in [7, 11) is 0. The molecule has 0 rings (SSSR count). The predicted octanol–water partition coefficient (Wildman–Crippen LogP) is 4.06. The van der Waals surface area contributed by atoms with E-state index in [1.165, 1.54) is 0 Å². The van der Waals surface area contributed by atoms with Crippen molar-refractivity contribution in [3.63, 3.8) is 0 Å². The number of hydrogen-bond acceptors (Lipinski definition) is 2. The Balaban J connectivity index is -0.000000200. The predicted molar refractivity (Wildman–Crippen MR) is 72.6 cm³/mol. The Morgan fingerprint density at radius 3 is 1.50 bits per heavy atom. The summed E-state index contributed by atoms with van der Waals surface area (Å²) in [6.45, 7) is 13.6. The molecule has 0 saturated heterocycles. The molecule has 0 bridgehead atoms. The van der Waals surface area contributed by atoms with E-state index in [1.54, 1.807) is 6.92 Å². The van der Waals surface area contributed by atoms with Gasteiger partial charge >= 0.3 is 0 Å². The molecule has 0 spiro atoms. The number of aliphatic hydroxyl groups is 1. The number of carbonyl (C=O) groups excluding carboxylic acids is 1. The third kappa shape index (κ3) is 29.2. The van der Waals surface area contributed by atoms with Crippen LogP contribution in [0.2, 0.25) is 0 Å². The summed E-state index contributed by atoms with van der Waals surface area (Å²) in [6.07, 6.45) is 1.60. The molecule has 2 heteroatoms. The maximum absolute atomic E-state index is 10.3. The SMILES string of the molecule is C.CC(=O)CC(C)C.CC(C)CC(C)(C)O. The molecule has 100 valence electrons. The van der Waals surface area contributed by atoms with Gasteiger partial charge in [0.2, 0.25) is 0 Å². The lowest BCUT2D eigenvalue weighted by molar-refractivity contribution is -0.117. The number of ketones is 1. The van der Waals surface area contributed by atoms with Crippen LogP contribution in [0.5, 0.6) is 0 Å². The summed E-state index contributed by atoms with van der Waals surface area (Å²) in [6, 6.07) is 0. The first-order chi connectivity index (χ1) is 6.54. The van der Waals surface area contributed by atoms with E-state index in [0.717, 1.165) is 12.8 Å². The monoisotopic (exact) mass is 232 g/mol. The second-order valence-electron chi connectivity index (χ2n) is 5.71. The topological polar surface area (TPSA) is 37.3 Å². The summed E-state index contributed by atoms with van der Waals surface area (Å²) in [4.78, 5) is 10.3. The molecule has 1 N–H and O–H groups in total. The van der Waals surface area contributed by atoms with Gasteiger partial charge in [0, 0.05) is 6.42 Å². The van der Waals surface area contributed by atoms with E-state index < -0.39 is 5.60 Å². The minimum Gasteiger partial charge on any atom is -0.390 e. The molecule has 0 radical (unpaired) electrons. The molecule has 0 aliphatic carbocycles. The average Bonchev–Trinajstić information content (AvgIpc) is 1.76. The molecule has 0 aliphatic rings. The fourth-order valence-corrected chi connectivity index (χ4v) is 1.57. The molecule has 0 unspecified atom stereocenters. The number of Topliss-reactive ketones (excluding diaryl/α,β-unsaturated/α-hetero) is 1. The van der Waals surface area contributed by atoms with Gasteiger partial charge in [-0.2, -0.15) is 0 Å². The van der Waals surface area contributed by atoms with Crippen LogP contribution in [-0.4, -0.2) is 16.5 Å². The summed E-state index contributed by atoms with van der Waals surface area (Å²) in [5.41, 5.74) is -0.478. The Morgan fingerprint density at radius 2 is 1.50 bits per heavy atom. The maximum atomic E-state index is 10.3. The van der Waals surface area contributed by atoms with Gasteiger partial charge in [0.1, 0.15) is 5.78 Å². The highest BCUT2D eigenvalue weighted by atomic mass is 16.3. The second-order valence-corrected chi connectivity index (χ2v) is 5.71. The molecule has 0 atom stereocenters. The zero-order chi connectivity index (χ0) is 12.6. The van der Waals surface area contributed by atoms with Crippen molar-refractivity contribution in [2.24, 2.45) is 11.8 Å². The summed E-state index contributed by atoms with van der Waals surface area (Å²) in [5, 5.41) is 9.19. The first-order valence-electron chi connectivity index (χ1n) is 5.76. The molecule has 16 heavy (non-hydrogen) atoms. The van der Waals surface area contributed by atoms with Crippen molar-refractivity contribution in [2.45, 2.75) is 74.3 Å². The molecule has 2 nitrogen and oxygen atoms in total. The lowest BCUT2D eigenvalue weighted by Gasteiger charge is -2.18. The van der Waals surface area contributed by atoms with Crippen molar-refractivity contribution in [1.82, 2.24) is 0 Å². The molecular weight excluding hydrogens is 200 g/mol. The van der Waals surface area contributed by atoms with E-state index in [1.807, 2.05) is 27.7 Å². The zero-order valence-electron chi connectivity index (χ0n) is 11.4. The van der Waals surface area contributed by atoms with Crippen LogP contribution in [0.1, 0.15) is 68.7 Å². The average molecular weight is 232 g/mol. The highest BCUT2D eigenvalue weighted by Gasteiger charge is 2.13.